The number of nitrogens with two attached hydrogens (primary N) is 1. The van der Waals surface area contributed by atoms with Crippen molar-refractivity contribution in [2.24, 2.45) is 5.92 Å². The second-order valence-electron chi connectivity index (χ2n) is 4.00. The first-order valence-electron chi connectivity index (χ1n) is 5.38. The average molecular weight is 225 g/mol. The number of nitrogen functional groups attached to an aromatic ring is 1. The Bertz CT molecular complexity index is 313. The van der Waals surface area contributed by atoms with Gasteiger partial charge in [-0.2, -0.15) is 0 Å². The van der Waals surface area contributed by atoms with Gasteiger partial charge in [-0.3, -0.25) is 0 Å². The maximum absolute atomic E-state index is 5.73. The number of thioether (sulfide) groups is 1. The first-order valence-corrected chi connectivity index (χ1v) is 6.36. The summed E-state index contributed by atoms with van der Waals surface area (Å²) in [6.07, 6.45) is 1.96. The van der Waals surface area contributed by atoms with Gasteiger partial charge in [0.05, 0.1) is 0 Å². The van der Waals surface area contributed by atoms with Gasteiger partial charge in [0, 0.05) is 18.2 Å². The molecule has 0 aliphatic carbocycles. The number of hydrogen-bond donors (Lipinski definition) is 1. The quantitative estimate of drug-likeness (QED) is 0.618. The molecule has 1 aromatic heterocycles. The summed E-state index contributed by atoms with van der Waals surface area (Å²) >= 11 is 1.75. The van der Waals surface area contributed by atoms with Crippen LogP contribution in [0.5, 0.6) is 0 Å². The van der Waals surface area contributed by atoms with E-state index in [4.69, 9.17) is 5.73 Å². The van der Waals surface area contributed by atoms with E-state index >= 15 is 0 Å². The zero-order valence-electron chi connectivity index (χ0n) is 9.66. The Morgan fingerprint density at radius 3 is 2.73 bits per heavy atom. The molecule has 4 heteroatoms. The van der Waals surface area contributed by atoms with E-state index in [9.17, 15) is 0 Å². The number of anilines is 1. The molecule has 84 valence electrons. The van der Waals surface area contributed by atoms with Crippen LogP contribution in [0.4, 0.5) is 5.82 Å². The lowest BCUT2D eigenvalue weighted by molar-refractivity contribution is 0.748. The summed E-state index contributed by atoms with van der Waals surface area (Å²) in [4.78, 5) is 8.67. The van der Waals surface area contributed by atoms with Crippen molar-refractivity contribution in [2.75, 3.05) is 11.5 Å². The maximum atomic E-state index is 5.73. The third-order valence-electron chi connectivity index (χ3n) is 1.81. The minimum absolute atomic E-state index is 0.583. The molecule has 0 bridgehead atoms. The lowest BCUT2D eigenvalue weighted by atomic mass is 10.3. The summed E-state index contributed by atoms with van der Waals surface area (Å²) in [5.74, 6) is 3.19. The Morgan fingerprint density at radius 1 is 1.40 bits per heavy atom. The van der Waals surface area contributed by atoms with Crippen molar-refractivity contribution >= 4 is 17.6 Å². The summed E-state index contributed by atoms with van der Waals surface area (Å²) in [7, 11) is 0. The van der Waals surface area contributed by atoms with E-state index < -0.39 is 0 Å². The summed E-state index contributed by atoms with van der Waals surface area (Å²) in [6, 6.07) is 1.85. The third-order valence-corrected chi connectivity index (χ3v) is 3.15. The van der Waals surface area contributed by atoms with E-state index in [1.807, 2.05) is 6.07 Å². The predicted molar refractivity (Wildman–Crippen MR) is 66.0 cm³/mol. The largest absolute Gasteiger partial charge is 0.384 e. The molecule has 0 radical (unpaired) electrons. The van der Waals surface area contributed by atoms with E-state index in [0.717, 1.165) is 29.4 Å². The monoisotopic (exact) mass is 225 g/mol. The van der Waals surface area contributed by atoms with Gasteiger partial charge in [0.15, 0.2) is 0 Å². The van der Waals surface area contributed by atoms with Crippen LogP contribution in [0.25, 0.3) is 0 Å². The topological polar surface area (TPSA) is 51.8 Å². The van der Waals surface area contributed by atoms with Crippen LogP contribution >= 0.6 is 11.8 Å². The number of aryl methyl sites for hydroxylation is 1. The van der Waals surface area contributed by atoms with Crippen LogP contribution < -0.4 is 5.73 Å². The van der Waals surface area contributed by atoms with E-state index in [0.29, 0.717) is 11.7 Å². The van der Waals surface area contributed by atoms with E-state index in [-0.39, 0.29) is 0 Å². The Kier molecular flexibility index (Phi) is 4.88. The van der Waals surface area contributed by atoms with Gasteiger partial charge in [0.1, 0.15) is 16.7 Å². The zero-order chi connectivity index (χ0) is 11.3. The molecule has 0 saturated heterocycles. The Labute approximate surface area is 95.9 Å². The van der Waals surface area contributed by atoms with Crippen LogP contribution in [-0.2, 0) is 6.42 Å². The first-order chi connectivity index (χ1) is 7.11. The second kappa shape index (κ2) is 5.95. The summed E-state index contributed by atoms with van der Waals surface area (Å²) in [5.41, 5.74) is 5.73. The molecule has 15 heavy (non-hydrogen) atoms. The highest BCUT2D eigenvalue weighted by atomic mass is 32.2. The molecule has 0 unspecified atom stereocenters. The fraction of sp³-hybridized carbons (Fsp3) is 0.636. The van der Waals surface area contributed by atoms with Crippen molar-refractivity contribution < 1.29 is 0 Å². The molecule has 2 N–H and O–H groups in total. The Morgan fingerprint density at radius 2 is 2.13 bits per heavy atom. The van der Waals surface area contributed by atoms with Gasteiger partial charge in [0.2, 0.25) is 0 Å². The molecular weight excluding hydrogens is 206 g/mol. The molecule has 0 spiro atoms. The van der Waals surface area contributed by atoms with Gasteiger partial charge in [-0.15, -0.1) is 11.8 Å². The van der Waals surface area contributed by atoms with E-state index in [2.05, 4.69) is 30.7 Å². The number of nitrogens with zero attached hydrogens (tertiary/aromatic N) is 2. The van der Waals surface area contributed by atoms with Crippen molar-refractivity contribution in [2.45, 2.75) is 38.6 Å². The van der Waals surface area contributed by atoms with Gasteiger partial charge < -0.3 is 5.73 Å². The van der Waals surface area contributed by atoms with Crippen molar-refractivity contribution in [1.29, 1.82) is 0 Å². The van der Waals surface area contributed by atoms with Crippen LogP contribution in [-0.4, -0.2) is 15.7 Å². The van der Waals surface area contributed by atoms with E-state index in [1.54, 1.807) is 11.8 Å². The SMILES string of the molecule is CCCc1nc(N)cc(SCC(C)C)n1. The molecule has 3 nitrogen and oxygen atoms in total. The fourth-order valence-electron chi connectivity index (χ4n) is 1.15. The van der Waals surface area contributed by atoms with Crippen molar-refractivity contribution in [3.63, 3.8) is 0 Å². The van der Waals surface area contributed by atoms with Crippen molar-refractivity contribution in [3.05, 3.63) is 11.9 Å². The summed E-state index contributed by atoms with van der Waals surface area (Å²) in [5, 5.41) is 1.000. The first kappa shape index (κ1) is 12.3. The maximum Gasteiger partial charge on any atom is 0.132 e. The molecule has 0 saturated carbocycles. The molecule has 0 aromatic carbocycles. The molecule has 0 aliphatic rings. The summed E-state index contributed by atoms with van der Waals surface area (Å²) in [6.45, 7) is 6.52. The minimum Gasteiger partial charge on any atom is -0.384 e. The normalized spacial score (nSPS) is 10.9. The van der Waals surface area contributed by atoms with Crippen LogP contribution in [0.2, 0.25) is 0 Å². The average Bonchev–Trinajstić information content (AvgIpc) is 2.14. The van der Waals surface area contributed by atoms with Crippen LogP contribution in [0.1, 0.15) is 33.0 Å². The fourth-order valence-corrected chi connectivity index (χ4v) is 2.03. The number of hydrogen-bond acceptors (Lipinski definition) is 4. The van der Waals surface area contributed by atoms with Gasteiger partial charge >= 0.3 is 0 Å². The smallest absolute Gasteiger partial charge is 0.132 e. The highest BCUT2D eigenvalue weighted by Crippen LogP contribution is 2.20. The van der Waals surface area contributed by atoms with Crippen molar-refractivity contribution in [1.82, 2.24) is 9.97 Å². The molecule has 1 heterocycles. The highest BCUT2D eigenvalue weighted by Gasteiger charge is 2.03. The molecule has 1 aromatic rings. The summed E-state index contributed by atoms with van der Waals surface area (Å²) < 4.78 is 0. The van der Waals surface area contributed by atoms with E-state index in [1.165, 1.54) is 0 Å². The predicted octanol–water partition coefficient (Wildman–Crippen LogP) is 2.76. The number of aromatic nitrogens is 2. The molecule has 1 rings (SSSR count). The van der Waals surface area contributed by atoms with Gasteiger partial charge in [-0.1, -0.05) is 20.8 Å². The second-order valence-corrected chi connectivity index (χ2v) is 5.04. The van der Waals surface area contributed by atoms with Gasteiger partial charge in [-0.25, -0.2) is 9.97 Å². The standard InChI is InChI=1S/C11H19N3S/c1-4-5-10-13-9(12)6-11(14-10)15-7-8(2)3/h6,8H,4-5,7H2,1-3H3,(H2,12,13,14). The van der Waals surface area contributed by atoms with Crippen LogP contribution in [0.3, 0.4) is 0 Å². The molecular formula is C11H19N3S. The zero-order valence-corrected chi connectivity index (χ0v) is 10.5. The highest BCUT2D eigenvalue weighted by molar-refractivity contribution is 7.99. The van der Waals surface area contributed by atoms with Crippen LogP contribution in [0, 0.1) is 5.92 Å². The third kappa shape index (κ3) is 4.51. The molecule has 0 aliphatic heterocycles. The Balaban J connectivity index is 2.70. The number of rotatable bonds is 5. The van der Waals surface area contributed by atoms with Crippen molar-refractivity contribution in [3.8, 4) is 0 Å². The lowest BCUT2D eigenvalue weighted by Gasteiger charge is -2.06. The molecule has 0 amide bonds. The van der Waals surface area contributed by atoms with Gasteiger partial charge in [0.25, 0.3) is 0 Å². The lowest BCUT2D eigenvalue weighted by Crippen LogP contribution is -2.01. The Hall–Kier alpha value is -0.770. The minimum atomic E-state index is 0.583. The van der Waals surface area contributed by atoms with Crippen LogP contribution in [0.15, 0.2) is 11.1 Å². The molecule has 0 atom stereocenters. The molecule has 0 fully saturated rings. The van der Waals surface area contributed by atoms with Gasteiger partial charge in [-0.05, 0) is 12.3 Å².